The monoisotopic (exact) mass is 366 g/mol. The van der Waals surface area contributed by atoms with E-state index in [1.807, 2.05) is 29.2 Å². The van der Waals surface area contributed by atoms with Crippen molar-refractivity contribution in [2.75, 3.05) is 42.9 Å². The molecule has 1 heterocycles. The maximum atomic E-state index is 12.1. The molecule has 6 nitrogen and oxygen atoms in total. The van der Waals surface area contributed by atoms with Crippen molar-refractivity contribution in [3.05, 3.63) is 24.3 Å². The summed E-state index contributed by atoms with van der Waals surface area (Å²) in [6, 6.07) is 7.73. The van der Waals surface area contributed by atoms with E-state index in [9.17, 15) is 9.59 Å². The lowest BCUT2D eigenvalue weighted by molar-refractivity contribution is -0.115. The van der Waals surface area contributed by atoms with Gasteiger partial charge >= 0.3 is 6.03 Å². The van der Waals surface area contributed by atoms with E-state index in [1.54, 1.807) is 6.92 Å². The van der Waals surface area contributed by atoms with Crippen molar-refractivity contribution in [1.29, 1.82) is 0 Å². The Bertz CT molecular complexity index is 569. The zero-order chi connectivity index (χ0) is 18.2. The summed E-state index contributed by atoms with van der Waals surface area (Å²) in [5.41, 5.74) is 1.82. The molecule has 2 rings (SSSR count). The average molecular weight is 367 g/mol. The first-order valence-electron chi connectivity index (χ1n) is 8.84. The molecule has 0 radical (unpaired) electrons. The van der Waals surface area contributed by atoms with Gasteiger partial charge in [0.2, 0.25) is 5.91 Å². The van der Waals surface area contributed by atoms with Crippen molar-refractivity contribution in [2.24, 2.45) is 0 Å². The molecule has 1 aliphatic rings. The number of carbonyl (C=O) groups is 2. The van der Waals surface area contributed by atoms with E-state index in [-0.39, 0.29) is 11.9 Å². The number of carbonyl (C=O) groups excluding carboxylic acids is 2. The Balaban J connectivity index is 1.82. The second-order valence-electron chi connectivity index (χ2n) is 6.21. The highest BCUT2D eigenvalue weighted by molar-refractivity contribution is 6.32. The fourth-order valence-electron chi connectivity index (χ4n) is 2.65. The molecule has 3 amide bonds. The summed E-state index contributed by atoms with van der Waals surface area (Å²) in [6.07, 6.45) is 2.09. The number of nitrogens with one attached hydrogen (secondary N) is 2. The maximum Gasteiger partial charge on any atom is 0.317 e. The second kappa shape index (κ2) is 9.51. The summed E-state index contributed by atoms with van der Waals surface area (Å²) in [5.74, 6) is -0.211. The number of nitrogens with zero attached hydrogens (tertiary/aromatic N) is 2. The van der Waals surface area contributed by atoms with Gasteiger partial charge in [0.05, 0.1) is 0 Å². The lowest BCUT2D eigenvalue weighted by atomic mass is 10.2. The van der Waals surface area contributed by atoms with Crippen LogP contribution >= 0.6 is 11.6 Å². The van der Waals surface area contributed by atoms with Crippen molar-refractivity contribution in [3.8, 4) is 0 Å². The smallest absolute Gasteiger partial charge is 0.317 e. The Morgan fingerprint density at radius 1 is 1.16 bits per heavy atom. The molecule has 7 heteroatoms. The number of rotatable bonds is 6. The SMILES string of the molecule is CCCCNC(=O)N1CCN(c2ccc(NC(=O)C(C)Cl)cc2)CC1. The first-order chi connectivity index (χ1) is 12.0. The van der Waals surface area contributed by atoms with Gasteiger partial charge in [-0.25, -0.2) is 4.79 Å². The molecule has 1 unspecified atom stereocenters. The number of hydrogen-bond donors (Lipinski definition) is 2. The summed E-state index contributed by atoms with van der Waals surface area (Å²) in [6.45, 7) is 7.50. The highest BCUT2D eigenvalue weighted by Crippen LogP contribution is 2.20. The predicted octanol–water partition coefficient (Wildman–Crippen LogP) is 2.88. The van der Waals surface area contributed by atoms with Crippen molar-refractivity contribution in [1.82, 2.24) is 10.2 Å². The zero-order valence-corrected chi connectivity index (χ0v) is 15.7. The number of urea groups is 1. The van der Waals surface area contributed by atoms with Crippen LogP contribution in [0.5, 0.6) is 0 Å². The van der Waals surface area contributed by atoms with E-state index in [4.69, 9.17) is 11.6 Å². The van der Waals surface area contributed by atoms with Crippen molar-refractivity contribution < 1.29 is 9.59 Å². The fourth-order valence-corrected chi connectivity index (χ4v) is 2.70. The fraction of sp³-hybridized carbons (Fsp3) is 0.556. The van der Waals surface area contributed by atoms with Gasteiger partial charge in [0.25, 0.3) is 0 Å². The van der Waals surface area contributed by atoms with Gasteiger partial charge in [0.15, 0.2) is 0 Å². The third kappa shape index (κ3) is 5.81. The Morgan fingerprint density at radius 2 is 1.80 bits per heavy atom. The predicted molar refractivity (Wildman–Crippen MR) is 102 cm³/mol. The molecule has 1 aliphatic heterocycles. The molecular weight excluding hydrogens is 340 g/mol. The van der Waals surface area contributed by atoms with Crippen LogP contribution in [0.25, 0.3) is 0 Å². The number of hydrogen-bond acceptors (Lipinski definition) is 3. The third-order valence-electron chi connectivity index (χ3n) is 4.23. The molecule has 25 heavy (non-hydrogen) atoms. The number of alkyl halides is 1. The lowest BCUT2D eigenvalue weighted by Gasteiger charge is -2.36. The Kier molecular flexibility index (Phi) is 7.37. The summed E-state index contributed by atoms with van der Waals surface area (Å²) in [7, 11) is 0. The van der Waals surface area contributed by atoms with Crippen LogP contribution in [0.4, 0.5) is 16.2 Å². The van der Waals surface area contributed by atoms with Crippen LogP contribution in [-0.2, 0) is 4.79 Å². The van der Waals surface area contributed by atoms with Crippen LogP contribution in [-0.4, -0.2) is 54.9 Å². The summed E-state index contributed by atoms with van der Waals surface area (Å²) in [4.78, 5) is 27.8. The highest BCUT2D eigenvalue weighted by Gasteiger charge is 2.21. The maximum absolute atomic E-state index is 12.1. The summed E-state index contributed by atoms with van der Waals surface area (Å²) in [5, 5.41) is 5.17. The molecule has 1 fully saturated rings. The Hall–Kier alpha value is -1.95. The highest BCUT2D eigenvalue weighted by atomic mass is 35.5. The minimum Gasteiger partial charge on any atom is -0.368 e. The molecule has 2 N–H and O–H groups in total. The van der Waals surface area contributed by atoms with Gasteiger partial charge in [-0.15, -0.1) is 11.6 Å². The van der Waals surface area contributed by atoms with Crippen molar-refractivity contribution in [2.45, 2.75) is 32.1 Å². The summed E-state index contributed by atoms with van der Waals surface area (Å²) >= 11 is 5.75. The van der Waals surface area contributed by atoms with E-state index in [2.05, 4.69) is 22.5 Å². The first-order valence-corrected chi connectivity index (χ1v) is 9.27. The van der Waals surface area contributed by atoms with Gasteiger partial charge in [-0.3, -0.25) is 4.79 Å². The van der Waals surface area contributed by atoms with Gasteiger partial charge in [-0.2, -0.15) is 0 Å². The normalized spacial score (nSPS) is 15.6. The van der Waals surface area contributed by atoms with Gasteiger partial charge in [-0.05, 0) is 37.6 Å². The molecule has 0 bridgehead atoms. The molecule has 0 saturated carbocycles. The van der Waals surface area contributed by atoms with Gasteiger partial charge in [0.1, 0.15) is 5.38 Å². The molecule has 0 spiro atoms. The summed E-state index contributed by atoms with van der Waals surface area (Å²) < 4.78 is 0. The molecule has 0 aromatic heterocycles. The van der Waals surface area contributed by atoms with E-state index in [1.165, 1.54) is 0 Å². The number of halogens is 1. The van der Waals surface area contributed by atoms with Crippen LogP contribution < -0.4 is 15.5 Å². The molecular formula is C18H27ClN4O2. The number of piperazine rings is 1. The molecule has 138 valence electrons. The van der Waals surface area contributed by atoms with Crippen LogP contribution in [0.1, 0.15) is 26.7 Å². The first kappa shape index (κ1) is 19.4. The van der Waals surface area contributed by atoms with Crippen molar-refractivity contribution in [3.63, 3.8) is 0 Å². The van der Waals surface area contributed by atoms with Crippen LogP contribution in [0, 0.1) is 0 Å². The number of benzene rings is 1. The zero-order valence-electron chi connectivity index (χ0n) is 14.9. The Labute approximate surface area is 154 Å². The van der Waals surface area contributed by atoms with Crippen molar-refractivity contribution >= 4 is 34.9 Å². The molecule has 1 aromatic rings. The van der Waals surface area contributed by atoms with E-state index < -0.39 is 5.38 Å². The minimum atomic E-state index is -0.559. The number of anilines is 2. The van der Waals surface area contributed by atoms with Crippen LogP contribution in [0.3, 0.4) is 0 Å². The minimum absolute atomic E-state index is 0.0290. The van der Waals surface area contributed by atoms with E-state index in [0.29, 0.717) is 13.1 Å². The molecule has 1 atom stereocenters. The van der Waals surface area contributed by atoms with Crippen LogP contribution in [0.2, 0.25) is 0 Å². The van der Waals surface area contributed by atoms with Gasteiger partial charge in [-0.1, -0.05) is 13.3 Å². The standard InChI is InChI=1S/C18H27ClN4O2/c1-3-4-9-20-18(25)23-12-10-22(11-13-23)16-7-5-15(6-8-16)21-17(24)14(2)19/h5-8,14H,3-4,9-13H2,1-2H3,(H,20,25)(H,21,24). The molecule has 1 saturated heterocycles. The quantitative estimate of drug-likeness (QED) is 0.601. The van der Waals surface area contributed by atoms with E-state index in [0.717, 1.165) is 43.9 Å². The number of amides is 3. The van der Waals surface area contributed by atoms with Crippen LogP contribution in [0.15, 0.2) is 24.3 Å². The topological polar surface area (TPSA) is 64.7 Å². The average Bonchev–Trinajstić information content (AvgIpc) is 2.62. The molecule has 1 aromatic carbocycles. The van der Waals surface area contributed by atoms with E-state index >= 15 is 0 Å². The van der Waals surface area contributed by atoms with Gasteiger partial charge in [0, 0.05) is 44.1 Å². The Morgan fingerprint density at radius 3 is 2.36 bits per heavy atom. The molecule has 0 aliphatic carbocycles. The third-order valence-corrected chi connectivity index (χ3v) is 4.43. The lowest BCUT2D eigenvalue weighted by Crippen LogP contribution is -2.52. The van der Waals surface area contributed by atoms with Gasteiger partial charge < -0.3 is 20.4 Å². The number of unbranched alkanes of at least 4 members (excludes halogenated alkanes) is 1. The largest absolute Gasteiger partial charge is 0.368 e. The second-order valence-corrected chi connectivity index (χ2v) is 6.87.